The summed E-state index contributed by atoms with van der Waals surface area (Å²) in [5.74, 6) is 1.69. The topological polar surface area (TPSA) is 24.5 Å². The van der Waals surface area contributed by atoms with Gasteiger partial charge >= 0.3 is 0 Å². The van der Waals surface area contributed by atoms with Crippen LogP contribution in [-0.4, -0.2) is 44.2 Å². The van der Waals surface area contributed by atoms with Crippen molar-refractivity contribution in [2.45, 2.75) is 44.1 Å². The zero-order chi connectivity index (χ0) is 14.5. The van der Waals surface area contributed by atoms with E-state index in [9.17, 15) is 0 Å². The summed E-state index contributed by atoms with van der Waals surface area (Å²) in [5.41, 5.74) is 1.46. The van der Waals surface area contributed by atoms with Crippen LogP contribution in [0.15, 0.2) is 24.3 Å². The zero-order valence-electron chi connectivity index (χ0n) is 13.2. The Hall–Kier alpha value is -1.06. The summed E-state index contributed by atoms with van der Waals surface area (Å²) in [6.07, 6.45) is 6.78. The van der Waals surface area contributed by atoms with Gasteiger partial charge in [0, 0.05) is 19.1 Å². The van der Waals surface area contributed by atoms with Crippen molar-refractivity contribution in [3.05, 3.63) is 29.8 Å². The van der Waals surface area contributed by atoms with Crippen LogP contribution >= 0.6 is 0 Å². The quantitative estimate of drug-likeness (QED) is 0.871. The second-order valence-electron chi connectivity index (χ2n) is 6.49. The number of likely N-dealkylation sites (tertiary alicyclic amines) is 1. The predicted molar refractivity (Wildman–Crippen MR) is 87.1 cm³/mol. The lowest BCUT2D eigenvalue weighted by Gasteiger charge is -2.37. The molecule has 3 rings (SSSR count). The number of rotatable bonds is 6. The Morgan fingerprint density at radius 1 is 1.10 bits per heavy atom. The molecule has 1 N–H and O–H groups in total. The van der Waals surface area contributed by atoms with Crippen molar-refractivity contribution >= 4 is 0 Å². The minimum atomic E-state index is 0.724. The average molecular weight is 288 g/mol. The molecule has 1 aromatic rings. The van der Waals surface area contributed by atoms with Crippen LogP contribution in [0.2, 0.25) is 0 Å². The third-order valence-electron chi connectivity index (χ3n) is 5.04. The predicted octanol–water partition coefficient (Wildman–Crippen LogP) is 3.02. The average Bonchev–Trinajstić information content (AvgIpc) is 2.51. The number of methoxy groups -OCH3 is 1. The molecule has 2 aliphatic rings. The van der Waals surface area contributed by atoms with Gasteiger partial charge in [0.05, 0.1) is 7.11 Å². The molecule has 0 spiro atoms. The highest BCUT2D eigenvalue weighted by Crippen LogP contribution is 2.37. The second-order valence-corrected chi connectivity index (χ2v) is 6.49. The lowest BCUT2D eigenvalue weighted by Crippen LogP contribution is -2.44. The van der Waals surface area contributed by atoms with Gasteiger partial charge < -0.3 is 15.0 Å². The molecule has 1 aromatic carbocycles. The summed E-state index contributed by atoms with van der Waals surface area (Å²) in [6.45, 7) is 4.99. The molecular formula is C18H28N2O. The van der Waals surface area contributed by atoms with Gasteiger partial charge in [0.25, 0.3) is 0 Å². The molecule has 1 saturated carbocycles. The van der Waals surface area contributed by atoms with E-state index >= 15 is 0 Å². The maximum Gasteiger partial charge on any atom is 0.118 e. The van der Waals surface area contributed by atoms with Crippen LogP contribution in [0, 0.1) is 0 Å². The molecule has 21 heavy (non-hydrogen) atoms. The monoisotopic (exact) mass is 288 g/mol. The molecule has 0 aromatic heterocycles. The van der Waals surface area contributed by atoms with E-state index in [-0.39, 0.29) is 0 Å². The Kier molecular flexibility index (Phi) is 5.15. The number of hydrogen-bond acceptors (Lipinski definition) is 3. The number of benzene rings is 1. The van der Waals surface area contributed by atoms with E-state index in [4.69, 9.17) is 4.74 Å². The molecular weight excluding hydrogens is 260 g/mol. The summed E-state index contributed by atoms with van der Waals surface area (Å²) >= 11 is 0. The number of nitrogens with one attached hydrogen (secondary N) is 1. The van der Waals surface area contributed by atoms with Gasteiger partial charge in [-0.2, -0.15) is 0 Å². The van der Waals surface area contributed by atoms with Gasteiger partial charge in [0.1, 0.15) is 5.75 Å². The lowest BCUT2D eigenvalue weighted by molar-refractivity contribution is 0.214. The molecule has 0 atom stereocenters. The van der Waals surface area contributed by atoms with Crippen LogP contribution in [0.5, 0.6) is 5.75 Å². The summed E-state index contributed by atoms with van der Waals surface area (Å²) in [6, 6.07) is 9.31. The van der Waals surface area contributed by atoms with Crippen molar-refractivity contribution in [3.8, 4) is 5.75 Å². The number of ether oxygens (including phenoxy) is 1. The SMILES string of the molecule is COc1ccc(C2CC(NCCN3CCCCC3)C2)cc1. The maximum absolute atomic E-state index is 5.22. The fraction of sp³-hybridized carbons (Fsp3) is 0.667. The highest BCUT2D eigenvalue weighted by molar-refractivity contribution is 5.30. The van der Waals surface area contributed by atoms with E-state index in [1.54, 1.807) is 7.11 Å². The number of nitrogens with zero attached hydrogens (tertiary/aromatic N) is 1. The van der Waals surface area contributed by atoms with Crippen molar-refractivity contribution in [2.24, 2.45) is 0 Å². The van der Waals surface area contributed by atoms with Crippen LogP contribution < -0.4 is 10.1 Å². The normalized spacial score (nSPS) is 26.3. The lowest BCUT2D eigenvalue weighted by atomic mass is 9.76. The molecule has 0 radical (unpaired) electrons. The minimum absolute atomic E-state index is 0.724. The molecule has 116 valence electrons. The Bertz CT molecular complexity index is 419. The van der Waals surface area contributed by atoms with Crippen molar-refractivity contribution in [2.75, 3.05) is 33.3 Å². The third-order valence-corrected chi connectivity index (χ3v) is 5.04. The Morgan fingerprint density at radius 3 is 2.48 bits per heavy atom. The molecule has 0 bridgehead atoms. The van der Waals surface area contributed by atoms with Gasteiger partial charge in [-0.15, -0.1) is 0 Å². The standard InChI is InChI=1S/C18H28N2O/c1-21-18-7-5-15(6-8-18)16-13-17(14-16)19-9-12-20-10-3-2-4-11-20/h5-8,16-17,19H,2-4,9-14H2,1H3. The van der Waals surface area contributed by atoms with Crippen molar-refractivity contribution in [1.29, 1.82) is 0 Å². The first-order valence-electron chi connectivity index (χ1n) is 8.45. The third kappa shape index (κ3) is 3.98. The van der Waals surface area contributed by atoms with E-state index in [0.29, 0.717) is 0 Å². The second kappa shape index (κ2) is 7.28. The highest BCUT2D eigenvalue weighted by Gasteiger charge is 2.29. The van der Waals surface area contributed by atoms with Crippen molar-refractivity contribution < 1.29 is 4.74 Å². The summed E-state index contributed by atoms with van der Waals surface area (Å²) < 4.78 is 5.22. The molecule has 3 nitrogen and oxygen atoms in total. The molecule has 1 aliphatic heterocycles. The summed E-state index contributed by atoms with van der Waals surface area (Å²) in [7, 11) is 1.72. The van der Waals surface area contributed by atoms with Crippen LogP contribution in [0.3, 0.4) is 0 Å². The van der Waals surface area contributed by atoms with E-state index in [1.807, 2.05) is 0 Å². The number of hydrogen-bond donors (Lipinski definition) is 1. The highest BCUT2D eigenvalue weighted by atomic mass is 16.5. The minimum Gasteiger partial charge on any atom is -0.497 e. The van der Waals surface area contributed by atoms with Crippen LogP contribution in [0.4, 0.5) is 0 Å². The first kappa shape index (κ1) is 14.9. The largest absolute Gasteiger partial charge is 0.497 e. The summed E-state index contributed by atoms with van der Waals surface area (Å²) in [4.78, 5) is 2.61. The van der Waals surface area contributed by atoms with Crippen molar-refractivity contribution in [3.63, 3.8) is 0 Å². The van der Waals surface area contributed by atoms with E-state index in [1.165, 1.54) is 57.3 Å². The van der Waals surface area contributed by atoms with Crippen LogP contribution in [-0.2, 0) is 0 Å². The Balaban J connectivity index is 1.33. The van der Waals surface area contributed by atoms with E-state index < -0.39 is 0 Å². The summed E-state index contributed by atoms with van der Waals surface area (Å²) in [5, 5.41) is 3.72. The van der Waals surface area contributed by atoms with Crippen LogP contribution in [0.1, 0.15) is 43.6 Å². The van der Waals surface area contributed by atoms with Gasteiger partial charge in [-0.1, -0.05) is 18.6 Å². The molecule has 2 fully saturated rings. The van der Waals surface area contributed by atoms with E-state index in [0.717, 1.165) is 24.3 Å². The fourth-order valence-corrected chi connectivity index (χ4v) is 3.54. The Morgan fingerprint density at radius 2 is 1.81 bits per heavy atom. The van der Waals surface area contributed by atoms with Gasteiger partial charge in [-0.3, -0.25) is 0 Å². The van der Waals surface area contributed by atoms with Crippen molar-refractivity contribution in [1.82, 2.24) is 10.2 Å². The molecule has 1 heterocycles. The van der Waals surface area contributed by atoms with E-state index in [2.05, 4.69) is 34.5 Å². The van der Waals surface area contributed by atoms with Gasteiger partial charge in [-0.05, 0) is 62.4 Å². The smallest absolute Gasteiger partial charge is 0.118 e. The molecule has 0 unspecified atom stereocenters. The first-order chi connectivity index (χ1) is 10.3. The maximum atomic E-state index is 5.22. The molecule has 1 aliphatic carbocycles. The number of piperidine rings is 1. The fourth-order valence-electron chi connectivity index (χ4n) is 3.54. The van der Waals surface area contributed by atoms with Gasteiger partial charge in [-0.25, -0.2) is 0 Å². The first-order valence-corrected chi connectivity index (χ1v) is 8.45. The van der Waals surface area contributed by atoms with Gasteiger partial charge in [0.15, 0.2) is 0 Å². The van der Waals surface area contributed by atoms with Crippen LogP contribution in [0.25, 0.3) is 0 Å². The molecule has 0 amide bonds. The zero-order valence-corrected chi connectivity index (χ0v) is 13.2. The molecule has 1 saturated heterocycles. The Labute approximate surface area is 128 Å². The molecule has 3 heteroatoms. The van der Waals surface area contributed by atoms with Gasteiger partial charge in [0.2, 0.25) is 0 Å².